The first kappa shape index (κ1) is 31.9. The van der Waals surface area contributed by atoms with Gasteiger partial charge in [-0.2, -0.15) is 18.3 Å². The van der Waals surface area contributed by atoms with Crippen LogP contribution in [0.5, 0.6) is 0 Å². The molecule has 0 radical (unpaired) electrons. The molecule has 14 heteroatoms. The summed E-state index contributed by atoms with van der Waals surface area (Å²) in [4.78, 5) is 19.4. The van der Waals surface area contributed by atoms with Gasteiger partial charge in [0.15, 0.2) is 17.3 Å². The highest BCUT2D eigenvalue weighted by Crippen LogP contribution is 2.33. The van der Waals surface area contributed by atoms with Gasteiger partial charge in [-0.05, 0) is 41.9 Å². The zero-order chi connectivity index (χ0) is 32.3. The Morgan fingerprint density at radius 2 is 1.87 bits per heavy atom. The molecule has 2 aromatic carbocycles. The van der Waals surface area contributed by atoms with Crippen molar-refractivity contribution in [2.24, 2.45) is 0 Å². The van der Waals surface area contributed by atoms with Gasteiger partial charge in [0.05, 0.1) is 41.7 Å². The number of nitrogens with zero attached hydrogens (tertiary/aromatic N) is 6. The number of benzene rings is 2. The van der Waals surface area contributed by atoms with Crippen LogP contribution in [0.25, 0.3) is 33.9 Å². The predicted molar refractivity (Wildman–Crippen MR) is 173 cm³/mol. The molecule has 0 bridgehead atoms. The second-order valence-corrected chi connectivity index (χ2v) is 18.2. The summed E-state index contributed by atoms with van der Waals surface area (Å²) < 4.78 is 53.2. The third-order valence-corrected chi connectivity index (χ3v) is 9.33. The fourth-order valence-corrected chi connectivity index (χ4v) is 5.87. The van der Waals surface area contributed by atoms with Gasteiger partial charge in [-0.25, -0.2) is 19.6 Å². The lowest BCUT2D eigenvalue weighted by atomic mass is 10.1. The average molecular weight is 651 g/mol. The van der Waals surface area contributed by atoms with Crippen LogP contribution < -0.4 is 5.32 Å². The molecular weight excluding hydrogens is 613 g/mol. The van der Waals surface area contributed by atoms with Gasteiger partial charge in [0.25, 0.3) is 0 Å². The van der Waals surface area contributed by atoms with Gasteiger partial charge in [0.2, 0.25) is 0 Å². The maximum atomic E-state index is 13.3. The number of morpholine rings is 1. The van der Waals surface area contributed by atoms with Crippen molar-refractivity contribution in [3.05, 3.63) is 72.1 Å². The van der Waals surface area contributed by atoms with Crippen molar-refractivity contribution in [1.82, 2.24) is 34.6 Å². The lowest BCUT2D eigenvalue weighted by Crippen LogP contribution is -2.35. The maximum absolute atomic E-state index is 13.3. The number of rotatable bonds is 11. The van der Waals surface area contributed by atoms with Gasteiger partial charge in [-0.15, -0.1) is 0 Å². The molecule has 242 valence electrons. The number of H-pyrrole nitrogens is 1. The molecule has 0 saturated carbocycles. The first-order valence-electron chi connectivity index (χ1n) is 15.2. The Balaban J connectivity index is 1.28. The predicted octanol–water partition coefficient (Wildman–Crippen LogP) is 6.79. The molecule has 4 heterocycles. The van der Waals surface area contributed by atoms with Gasteiger partial charge in [-0.3, -0.25) is 4.90 Å². The van der Waals surface area contributed by atoms with Crippen molar-refractivity contribution < 1.29 is 22.6 Å². The Morgan fingerprint density at radius 3 is 2.65 bits per heavy atom. The normalized spacial score (nSPS) is 14.7. The van der Waals surface area contributed by atoms with Crippen LogP contribution >= 0.6 is 0 Å². The minimum Gasteiger partial charge on any atom is -0.379 e. The summed E-state index contributed by atoms with van der Waals surface area (Å²) >= 11 is 0. The SMILES string of the molecule is C[Si](C)(C)CCOCn1cc(Nc2ccnc(-c3cccc(C(F)(F)F)c3)n2)c(-c2nc3ccc(CN4CCOCC4)cc3[nH]2)n1. The number of alkyl halides is 3. The summed E-state index contributed by atoms with van der Waals surface area (Å²) in [5.41, 5.74) is 3.53. The zero-order valence-electron chi connectivity index (χ0n) is 26.1. The zero-order valence-corrected chi connectivity index (χ0v) is 27.1. The van der Waals surface area contributed by atoms with E-state index in [2.05, 4.69) is 56.9 Å². The summed E-state index contributed by atoms with van der Waals surface area (Å²) in [6, 6.07) is 13.8. The van der Waals surface area contributed by atoms with Gasteiger partial charge in [-0.1, -0.05) is 37.8 Å². The quantitative estimate of drug-likeness (QED) is 0.119. The lowest BCUT2D eigenvalue weighted by Gasteiger charge is -2.26. The second-order valence-electron chi connectivity index (χ2n) is 12.6. The van der Waals surface area contributed by atoms with Crippen LogP contribution in [0.1, 0.15) is 11.1 Å². The smallest absolute Gasteiger partial charge is 0.379 e. The van der Waals surface area contributed by atoms with E-state index in [1.54, 1.807) is 16.8 Å². The van der Waals surface area contributed by atoms with E-state index in [0.29, 0.717) is 29.6 Å². The first-order chi connectivity index (χ1) is 22.0. The molecule has 6 rings (SSSR count). The molecule has 0 aliphatic carbocycles. The lowest BCUT2D eigenvalue weighted by molar-refractivity contribution is -0.137. The number of imidazole rings is 1. The third kappa shape index (κ3) is 7.99. The van der Waals surface area contributed by atoms with E-state index in [1.807, 2.05) is 12.3 Å². The summed E-state index contributed by atoms with van der Waals surface area (Å²) in [6.07, 6.45) is -1.15. The van der Waals surface area contributed by atoms with Crippen LogP contribution in [0.15, 0.2) is 60.9 Å². The number of aromatic nitrogens is 6. The van der Waals surface area contributed by atoms with Crippen LogP contribution in [0.4, 0.5) is 24.7 Å². The first-order valence-corrected chi connectivity index (χ1v) is 18.9. The Bertz CT molecular complexity index is 1790. The highest BCUT2D eigenvalue weighted by Gasteiger charge is 2.30. The standard InChI is InChI=1S/C32H37F3N8O2Si/c1-46(2,3)16-15-45-21-43-20-27(37-28-9-10-36-30(40-28)23-5-4-6-24(18-23)32(33,34)35)29(41-43)31-38-25-8-7-22(17-26(25)39-31)19-42-11-13-44-14-12-42/h4-10,17-18,20H,11-16,19,21H2,1-3H3,(H,38,39)(H,36,37,40). The van der Waals surface area contributed by atoms with Crippen molar-refractivity contribution in [2.45, 2.75) is 45.1 Å². The topological polar surface area (TPSA) is 106 Å². The van der Waals surface area contributed by atoms with E-state index in [0.717, 1.165) is 62.1 Å². The maximum Gasteiger partial charge on any atom is 0.416 e. The molecule has 0 atom stereocenters. The molecule has 1 aliphatic rings. The molecule has 0 spiro atoms. The number of anilines is 2. The van der Waals surface area contributed by atoms with Crippen LogP contribution in [0.2, 0.25) is 25.7 Å². The summed E-state index contributed by atoms with van der Waals surface area (Å²) in [5, 5.41) is 8.08. The number of hydrogen-bond donors (Lipinski definition) is 2. The van der Waals surface area contributed by atoms with Crippen molar-refractivity contribution >= 4 is 30.6 Å². The summed E-state index contributed by atoms with van der Waals surface area (Å²) in [5.74, 6) is 1.12. The van der Waals surface area contributed by atoms with Gasteiger partial charge in [0, 0.05) is 46.1 Å². The van der Waals surface area contributed by atoms with E-state index in [9.17, 15) is 13.2 Å². The minimum absolute atomic E-state index is 0.163. The summed E-state index contributed by atoms with van der Waals surface area (Å²) in [6.45, 7) is 11.9. The molecule has 2 N–H and O–H groups in total. The monoisotopic (exact) mass is 650 g/mol. The third-order valence-electron chi connectivity index (χ3n) is 7.63. The van der Waals surface area contributed by atoms with E-state index < -0.39 is 19.8 Å². The molecule has 1 aliphatic heterocycles. The van der Waals surface area contributed by atoms with Crippen LogP contribution in [0, 0.1) is 0 Å². The highest BCUT2D eigenvalue weighted by molar-refractivity contribution is 6.76. The second kappa shape index (κ2) is 13.3. The highest BCUT2D eigenvalue weighted by atomic mass is 28.3. The average Bonchev–Trinajstić information content (AvgIpc) is 3.62. The number of hydrogen-bond acceptors (Lipinski definition) is 8. The van der Waals surface area contributed by atoms with Crippen LogP contribution in [-0.4, -0.2) is 75.6 Å². The number of halogens is 3. The van der Waals surface area contributed by atoms with E-state index >= 15 is 0 Å². The Labute approximate surface area is 266 Å². The molecule has 3 aromatic heterocycles. The van der Waals surface area contributed by atoms with Crippen molar-refractivity contribution in [3.63, 3.8) is 0 Å². The Morgan fingerprint density at radius 1 is 1.04 bits per heavy atom. The molecule has 46 heavy (non-hydrogen) atoms. The molecule has 0 amide bonds. The van der Waals surface area contributed by atoms with E-state index in [-0.39, 0.29) is 18.1 Å². The largest absolute Gasteiger partial charge is 0.416 e. The molecule has 10 nitrogen and oxygen atoms in total. The Kier molecular flexibility index (Phi) is 9.22. The molecule has 1 fully saturated rings. The minimum atomic E-state index is -4.47. The van der Waals surface area contributed by atoms with Gasteiger partial charge in [0.1, 0.15) is 12.5 Å². The Hall–Kier alpha value is -4.11. The molecular formula is C32H37F3N8O2Si. The fraction of sp³-hybridized carbons (Fsp3) is 0.375. The van der Waals surface area contributed by atoms with Crippen LogP contribution in [0.3, 0.4) is 0 Å². The van der Waals surface area contributed by atoms with Crippen molar-refractivity contribution in [2.75, 3.05) is 38.2 Å². The van der Waals surface area contributed by atoms with Crippen molar-refractivity contribution in [3.8, 4) is 22.9 Å². The number of ether oxygens (including phenoxy) is 2. The number of nitrogens with one attached hydrogen (secondary N) is 2. The number of aromatic amines is 1. The molecule has 1 saturated heterocycles. The summed E-state index contributed by atoms with van der Waals surface area (Å²) in [7, 11) is -1.26. The molecule has 0 unspecified atom stereocenters. The number of fused-ring (bicyclic) bond motifs is 1. The van der Waals surface area contributed by atoms with E-state index in [1.165, 1.54) is 17.8 Å². The van der Waals surface area contributed by atoms with E-state index in [4.69, 9.17) is 19.6 Å². The van der Waals surface area contributed by atoms with Gasteiger partial charge >= 0.3 is 6.18 Å². The van der Waals surface area contributed by atoms with Gasteiger partial charge < -0.3 is 19.8 Å². The van der Waals surface area contributed by atoms with Crippen LogP contribution in [-0.2, 0) is 28.9 Å². The fourth-order valence-electron chi connectivity index (χ4n) is 5.12. The van der Waals surface area contributed by atoms with Crippen molar-refractivity contribution in [1.29, 1.82) is 0 Å². The molecule has 5 aromatic rings.